The predicted molar refractivity (Wildman–Crippen MR) is 320 cm³/mol. The van der Waals surface area contributed by atoms with Crippen molar-refractivity contribution in [3.63, 3.8) is 0 Å². The van der Waals surface area contributed by atoms with Crippen LogP contribution in [0.5, 0.6) is 0 Å². The van der Waals surface area contributed by atoms with E-state index in [-0.39, 0.29) is 47.6 Å². The summed E-state index contributed by atoms with van der Waals surface area (Å²) in [7, 11) is -17.0. The van der Waals surface area contributed by atoms with Crippen LogP contribution in [0.25, 0.3) is 11.2 Å². The molecular formula is C56H107N8O15P3. The van der Waals surface area contributed by atoms with Gasteiger partial charge in [-0.2, -0.15) is 8.62 Å². The number of rotatable bonds is 53. The van der Waals surface area contributed by atoms with E-state index in [4.69, 9.17) is 20.3 Å². The Kier molecular flexibility index (Phi) is 38.7. The second-order valence-corrected chi connectivity index (χ2v) is 26.8. The van der Waals surface area contributed by atoms with E-state index in [2.05, 4.69) is 52.6 Å². The van der Waals surface area contributed by atoms with Gasteiger partial charge in [-0.25, -0.2) is 28.6 Å². The van der Waals surface area contributed by atoms with E-state index in [9.17, 15) is 43.3 Å². The molecule has 2 aromatic rings. The molecule has 0 aromatic carbocycles. The van der Waals surface area contributed by atoms with Crippen LogP contribution in [0.4, 0.5) is 11.8 Å². The Morgan fingerprint density at radius 3 is 1.50 bits per heavy atom. The molecule has 1 saturated heterocycles. The first-order valence-electron chi connectivity index (χ1n) is 31.4. The fourth-order valence-electron chi connectivity index (χ4n) is 10.4. The van der Waals surface area contributed by atoms with E-state index in [0.717, 1.165) is 64.4 Å². The lowest BCUT2D eigenvalue weighted by molar-refractivity contribution is -0.133. The van der Waals surface area contributed by atoms with Crippen molar-refractivity contribution >= 4 is 58.2 Å². The number of carbonyl (C=O) groups excluding carboxylic acids is 2. The van der Waals surface area contributed by atoms with Gasteiger partial charge < -0.3 is 55.8 Å². The van der Waals surface area contributed by atoms with E-state index >= 15 is 0 Å². The lowest BCUT2D eigenvalue weighted by Crippen LogP contribution is -2.34. The average Bonchev–Trinajstić information content (AvgIpc) is 3.99. The van der Waals surface area contributed by atoms with Gasteiger partial charge in [-0.05, 0) is 25.7 Å². The smallest absolute Gasteiger partial charge is 0.387 e. The fourth-order valence-corrected chi connectivity index (χ4v) is 13.4. The van der Waals surface area contributed by atoms with Gasteiger partial charge in [0.05, 0.1) is 6.61 Å². The van der Waals surface area contributed by atoms with Crippen LogP contribution < -0.4 is 16.4 Å². The minimum absolute atomic E-state index is 0.00365. The highest BCUT2D eigenvalue weighted by molar-refractivity contribution is 7.66. The number of nitrogens with one attached hydrogen (secondary N) is 2. The molecule has 2 amide bonds. The van der Waals surface area contributed by atoms with Gasteiger partial charge in [0, 0.05) is 39.0 Å². The number of hydrogen-bond donors (Lipinski definition) is 9. The van der Waals surface area contributed by atoms with E-state index in [1.54, 1.807) is 0 Å². The van der Waals surface area contributed by atoms with Gasteiger partial charge in [0.1, 0.15) is 24.6 Å². The number of aliphatic hydroxyl groups excluding tert-OH is 2. The van der Waals surface area contributed by atoms with Crippen LogP contribution in [0, 0.1) is 0 Å². The number of phosphoric ester groups is 1. The summed E-state index contributed by atoms with van der Waals surface area (Å²) in [5.74, 6) is 0.0498. The van der Waals surface area contributed by atoms with Crippen molar-refractivity contribution in [3.8, 4) is 0 Å². The van der Waals surface area contributed by atoms with Gasteiger partial charge in [-0.3, -0.25) is 18.7 Å². The van der Waals surface area contributed by atoms with Crippen molar-refractivity contribution in [2.75, 3.05) is 43.8 Å². The number of carbonyl (C=O) groups is 2. The van der Waals surface area contributed by atoms with Crippen LogP contribution in [0.1, 0.15) is 264 Å². The van der Waals surface area contributed by atoms with Crippen molar-refractivity contribution in [3.05, 3.63) is 6.33 Å². The lowest BCUT2D eigenvalue weighted by atomic mass is 10.0. The molecule has 2 unspecified atom stereocenters. The monoisotopic (exact) mass is 1220 g/mol. The first kappa shape index (κ1) is 73.6. The molecule has 0 spiro atoms. The lowest BCUT2D eigenvalue weighted by Gasteiger charge is -2.23. The molecule has 0 bridgehead atoms. The van der Waals surface area contributed by atoms with Crippen LogP contribution >= 0.6 is 23.5 Å². The van der Waals surface area contributed by atoms with Gasteiger partial charge in [-0.15, -0.1) is 0 Å². The molecule has 2 aromatic heterocycles. The first-order valence-corrected chi connectivity index (χ1v) is 36.0. The summed E-state index contributed by atoms with van der Waals surface area (Å²) in [4.78, 5) is 78.1. The number of nitrogens with zero attached hydrogens (tertiary/aromatic N) is 5. The summed E-state index contributed by atoms with van der Waals surface area (Å²) >= 11 is 0. The molecule has 6 atom stereocenters. The third-order valence-electron chi connectivity index (χ3n) is 15.1. The maximum atomic E-state index is 13.6. The Labute approximate surface area is 489 Å². The number of hydrogen-bond acceptors (Lipinski definition) is 16. The molecule has 1 aliphatic heterocycles. The standard InChI is InChI=1S/C56H107N8O15P3/c1-3-5-7-9-11-13-15-17-19-21-23-25-27-29-33-37-43-63(44-38-34-30-28-26-24-22-20-18-16-14-12-10-8-6-4-2)49(66)40-39-48(65)58-41-35-31-32-36-42-59-56-62-50-53(57)60-46-61-54(50)64(56)55-52(68)51(67)47(77-55)45-76-81(72,73)79-82(74,75)78-80(69,70)71/h46-47,51-52,55,67-68H,3-45H2,1-2H3,(H,58,65)(H,59,62)(H,72,73)(H,74,75)(H2,57,60,61)(H2,69,70,71)/t47-,51-,52-,55-/m1/s1. The molecule has 1 aliphatic rings. The number of nitrogens with two attached hydrogens (primary N) is 1. The topological polar surface area (TPSA) is 341 Å². The number of fused-ring (bicyclic) bond motifs is 1. The molecule has 0 saturated carbocycles. The number of amides is 2. The zero-order valence-electron chi connectivity index (χ0n) is 49.8. The summed E-state index contributed by atoms with van der Waals surface area (Å²) in [6, 6.07) is 0. The number of ether oxygens (including phenoxy) is 1. The number of aromatic nitrogens is 4. The number of nitrogen functional groups attached to an aromatic ring is 1. The Hall–Kier alpha value is -2.62. The molecule has 3 heterocycles. The molecular weight excluding hydrogens is 1120 g/mol. The van der Waals surface area contributed by atoms with E-state index < -0.39 is 54.6 Å². The molecule has 82 heavy (non-hydrogen) atoms. The maximum Gasteiger partial charge on any atom is 0.490 e. The van der Waals surface area contributed by atoms with Crippen molar-refractivity contribution < 1.29 is 71.0 Å². The fraction of sp³-hybridized carbons (Fsp3) is 0.875. The van der Waals surface area contributed by atoms with Crippen LogP contribution in [0.15, 0.2) is 6.33 Å². The molecule has 23 nitrogen and oxygen atoms in total. The molecule has 1 fully saturated rings. The molecule has 0 radical (unpaired) electrons. The SMILES string of the molecule is CCCCCCCCCCCCCCCCCCN(CCCCCCCCCCCCCCCCCC)C(=O)CCC(=O)NCCCCCCNc1nc2c(N)ncnc2n1[C@@H]1O[C@H](COP(=O)(O)OP(=O)(O)OP(=O)(O)O)[C@@H](O)[C@H]1O. The molecule has 3 rings (SSSR count). The highest BCUT2D eigenvalue weighted by Gasteiger charge is 2.47. The summed E-state index contributed by atoms with van der Waals surface area (Å²) in [5.41, 5.74) is 6.32. The Balaban J connectivity index is 1.37. The largest absolute Gasteiger partial charge is 0.490 e. The number of phosphoric acid groups is 3. The second-order valence-electron chi connectivity index (χ2n) is 22.3. The number of anilines is 2. The Morgan fingerprint density at radius 1 is 0.598 bits per heavy atom. The first-order chi connectivity index (χ1) is 39.4. The van der Waals surface area contributed by atoms with E-state index in [1.165, 1.54) is 184 Å². The molecule has 10 N–H and O–H groups in total. The maximum absolute atomic E-state index is 13.6. The molecule has 0 aliphatic carbocycles. The van der Waals surface area contributed by atoms with Gasteiger partial charge in [0.2, 0.25) is 17.8 Å². The summed E-state index contributed by atoms with van der Waals surface area (Å²) in [6.45, 7) is 5.87. The predicted octanol–water partition coefficient (Wildman–Crippen LogP) is 12.6. The Bertz CT molecular complexity index is 2140. The van der Waals surface area contributed by atoms with Crippen LogP contribution in [-0.4, -0.2) is 117 Å². The zero-order valence-corrected chi connectivity index (χ0v) is 52.5. The van der Waals surface area contributed by atoms with Crippen molar-refractivity contribution in [1.82, 2.24) is 29.7 Å². The quantitative estimate of drug-likeness (QED) is 0.0219. The van der Waals surface area contributed by atoms with E-state index in [1.807, 2.05) is 4.90 Å². The number of imidazole rings is 1. The highest BCUT2D eigenvalue weighted by atomic mass is 31.3. The van der Waals surface area contributed by atoms with Crippen molar-refractivity contribution in [1.29, 1.82) is 0 Å². The second kappa shape index (κ2) is 43.1. The summed E-state index contributed by atoms with van der Waals surface area (Å²) < 4.78 is 54.2. The van der Waals surface area contributed by atoms with Gasteiger partial charge in [-0.1, -0.05) is 219 Å². The number of unbranched alkanes of at least 4 members (excludes halogenated alkanes) is 33. The highest BCUT2D eigenvalue weighted by Crippen LogP contribution is 2.66. The van der Waals surface area contributed by atoms with Gasteiger partial charge >= 0.3 is 23.5 Å². The minimum atomic E-state index is -5.80. The van der Waals surface area contributed by atoms with Gasteiger partial charge in [0.25, 0.3) is 0 Å². The van der Waals surface area contributed by atoms with E-state index in [0.29, 0.717) is 19.5 Å². The summed E-state index contributed by atoms with van der Waals surface area (Å²) in [6.07, 6.45) is 39.7. The Morgan fingerprint density at radius 2 is 1.04 bits per heavy atom. The number of aliphatic hydroxyl groups is 2. The molecule has 26 heteroatoms. The van der Waals surface area contributed by atoms with Crippen LogP contribution in [-0.2, 0) is 41.2 Å². The van der Waals surface area contributed by atoms with Gasteiger partial charge in [0.15, 0.2) is 23.2 Å². The van der Waals surface area contributed by atoms with Crippen molar-refractivity contribution in [2.45, 2.75) is 282 Å². The zero-order chi connectivity index (χ0) is 59.9. The average molecular weight is 1230 g/mol. The minimum Gasteiger partial charge on any atom is -0.387 e. The third-order valence-corrected chi connectivity index (χ3v) is 18.9. The molecule has 476 valence electrons. The third kappa shape index (κ3) is 32.8. The van der Waals surface area contributed by atoms with Crippen molar-refractivity contribution in [2.24, 2.45) is 0 Å². The normalized spacial score (nSPS) is 18.0. The van der Waals surface area contributed by atoms with Crippen LogP contribution in [0.3, 0.4) is 0 Å². The van der Waals surface area contributed by atoms with Crippen LogP contribution in [0.2, 0.25) is 0 Å². The summed E-state index contributed by atoms with van der Waals surface area (Å²) in [5, 5.41) is 28.0.